The van der Waals surface area contributed by atoms with Gasteiger partial charge in [0.05, 0.1) is 17.9 Å². The Morgan fingerprint density at radius 3 is 3.00 bits per heavy atom. The quantitative estimate of drug-likeness (QED) is 0.674. The van der Waals surface area contributed by atoms with E-state index in [0.717, 1.165) is 24.3 Å². The van der Waals surface area contributed by atoms with E-state index in [2.05, 4.69) is 21.9 Å². The van der Waals surface area contributed by atoms with E-state index in [4.69, 9.17) is 9.47 Å². The number of nitrogens with zero attached hydrogens (tertiary/aromatic N) is 3. The second kappa shape index (κ2) is 4.55. The lowest BCUT2D eigenvalue weighted by Crippen LogP contribution is -2.09. The second-order valence-corrected chi connectivity index (χ2v) is 3.62. The zero-order valence-electron chi connectivity index (χ0n) is 9.06. The Bertz CT molecular complexity index is 343. The molecule has 0 saturated heterocycles. The SMILES string of the molecule is COCCOc1ncnc2c1CN(C)C2. The van der Waals surface area contributed by atoms with Crippen LogP contribution in [0.15, 0.2) is 6.33 Å². The van der Waals surface area contributed by atoms with Gasteiger partial charge in [-0.2, -0.15) is 0 Å². The van der Waals surface area contributed by atoms with E-state index in [0.29, 0.717) is 19.1 Å². The van der Waals surface area contributed by atoms with Gasteiger partial charge >= 0.3 is 0 Å². The van der Waals surface area contributed by atoms with Crippen LogP contribution in [0.1, 0.15) is 11.3 Å². The van der Waals surface area contributed by atoms with Crippen molar-refractivity contribution in [3.8, 4) is 5.88 Å². The Labute approximate surface area is 89.0 Å². The van der Waals surface area contributed by atoms with Crippen LogP contribution in [0.5, 0.6) is 5.88 Å². The summed E-state index contributed by atoms with van der Waals surface area (Å²) in [6, 6.07) is 0. The highest BCUT2D eigenvalue weighted by atomic mass is 16.5. The van der Waals surface area contributed by atoms with Crippen LogP contribution < -0.4 is 4.74 Å². The first-order valence-corrected chi connectivity index (χ1v) is 4.94. The largest absolute Gasteiger partial charge is 0.475 e. The Balaban J connectivity index is 2.09. The normalized spacial score (nSPS) is 15.3. The van der Waals surface area contributed by atoms with Gasteiger partial charge in [-0.1, -0.05) is 0 Å². The molecule has 0 saturated carbocycles. The summed E-state index contributed by atoms with van der Waals surface area (Å²) in [5, 5.41) is 0. The molecule has 1 aromatic rings. The Morgan fingerprint density at radius 2 is 2.20 bits per heavy atom. The Hall–Kier alpha value is -1.20. The maximum atomic E-state index is 5.53. The molecular formula is C10H15N3O2. The number of hydrogen-bond donors (Lipinski definition) is 0. The smallest absolute Gasteiger partial charge is 0.221 e. The number of hydrogen-bond acceptors (Lipinski definition) is 5. The molecule has 0 N–H and O–H groups in total. The van der Waals surface area contributed by atoms with E-state index in [-0.39, 0.29) is 0 Å². The Morgan fingerprint density at radius 1 is 1.33 bits per heavy atom. The monoisotopic (exact) mass is 209 g/mol. The van der Waals surface area contributed by atoms with Crippen molar-refractivity contribution in [2.24, 2.45) is 0 Å². The maximum absolute atomic E-state index is 5.53. The molecule has 1 aliphatic rings. The average molecular weight is 209 g/mol. The van der Waals surface area contributed by atoms with E-state index in [1.807, 2.05) is 0 Å². The van der Waals surface area contributed by atoms with E-state index in [1.165, 1.54) is 0 Å². The van der Waals surface area contributed by atoms with E-state index in [1.54, 1.807) is 13.4 Å². The highest BCUT2D eigenvalue weighted by molar-refractivity contribution is 5.32. The fourth-order valence-electron chi connectivity index (χ4n) is 1.65. The highest BCUT2D eigenvalue weighted by Crippen LogP contribution is 2.25. The van der Waals surface area contributed by atoms with Crippen molar-refractivity contribution >= 4 is 0 Å². The molecule has 0 bridgehead atoms. The summed E-state index contributed by atoms with van der Waals surface area (Å²) in [5.41, 5.74) is 2.18. The van der Waals surface area contributed by atoms with E-state index < -0.39 is 0 Å². The van der Waals surface area contributed by atoms with E-state index in [9.17, 15) is 0 Å². The minimum absolute atomic E-state index is 0.531. The van der Waals surface area contributed by atoms with Crippen LogP contribution in [0.2, 0.25) is 0 Å². The van der Waals surface area contributed by atoms with Crippen molar-refractivity contribution in [2.45, 2.75) is 13.1 Å². The summed E-state index contributed by atoms with van der Waals surface area (Å²) in [6.07, 6.45) is 1.56. The molecule has 0 aliphatic carbocycles. The topological polar surface area (TPSA) is 47.5 Å². The molecule has 1 aliphatic heterocycles. The molecule has 0 unspecified atom stereocenters. The third-order valence-corrected chi connectivity index (χ3v) is 2.37. The first-order valence-electron chi connectivity index (χ1n) is 4.94. The van der Waals surface area contributed by atoms with Crippen molar-refractivity contribution in [1.82, 2.24) is 14.9 Å². The molecule has 15 heavy (non-hydrogen) atoms. The molecule has 0 aromatic carbocycles. The predicted octanol–water partition coefficient (Wildman–Crippen LogP) is 0.447. The minimum Gasteiger partial charge on any atom is -0.475 e. The lowest BCUT2D eigenvalue weighted by atomic mass is 10.3. The van der Waals surface area contributed by atoms with Gasteiger partial charge in [-0.25, -0.2) is 9.97 Å². The molecule has 5 nitrogen and oxygen atoms in total. The zero-order valence-corrected chi connectivity index (χ0v) is 9.06. The summed E-state index contributed by atoms with van der Waals surface area (Å²) in [6.45, 7) is 2.84. The predicted molar refractivity (Wildman–Crippen MR) is 54.6 cm³/mol. The summed E-state index contributed by atoms with van der Waals surface area (Å²) < 4.78 is 10.5. The number of ether oxygens (including phenoxy) is 2. The fraction of sp³-hybridized carbons (Fsp3) is 0.600. The fourth-order valence-corrected chi connectivity index (χ4v) is 1.65. The zero-order chi connectivity index (χ0) is 10.7. The van der Waals surface area contributed by atoms with Gasteiger partial charge in [0.15, 0.2) is 0 Å². The summed E-state index contributed by atoms with van der Waals surface area (Å²) in [7, 11) is 3.71. The standard InChI is InChI=1S/C10H15N3O2/c1-13-5-8-9(6-13)11-7-12-10(8)15-4-3-14-2/h7H,3-6H2,1-2H3. The summed E-state index contributed by atoms with van der Waals surface area (Å²) in [5.74, 6) is 0.696. The van der Waals surface area contributed by atoms with Gasteiger partial charge in [0, 0.05) is 20.2 Å². The molecule has 0 spiro atoms. The van der Waals surface area contributed by atoms with Gasteiger partial charge in [0.1, 0.15) is 12.9 Å². The minimum atomic E-state index is 0.531. The van der Waals surface area contributed by atoms with Crippen molar-refractivity contribution in [3.63, 3.8) is 0 Å². The van der Waals surface area contributed by atoms with Crippen LogP contribution in [-0.2, 0) is 17.8 Å². The number of rotatable bonds is 4. The van der Waals surface area contributed by atoms with Crippen molar-refractivity contribution in [1.29, 1.82) is 0 Å². The number of fused-ring (bicyclic) bond motifs is 1. The average Bonchev–Trinajstić information content (AvgIpc) is 2.59. The molecule has 5 heteroatoms. The van der Waals surface area contributed by atoms with Crippen LogP contribution in [-0.4, -0.2) is 42.2 Å². The molecule has 0 amide bonds. The third-order valence-electron chi connectivity index (χ3n) is 2.37. The molecule has 1 aromatic heterocycles. The van der Waals surface area contributed by atoms with Gasteiger partial charge in [0.25, 0.3) is 0 Å². The lowest BCUT2D eigenvalue weighted by molar-refractivity contribution is 0.142. The molecule has 82 valence electrons. The van der Waals surface area contributed by atoms with Crippen LogP contribution >= 0.6 is 0 Å². The second-order valence-electron chi connectivity index (χ2n) is 3.62. The van der Waals surface area contributed by atoms with Crippen molar-refractivity contribution in [3.05, 3.63) is 17.6 Å². The number of aromatic nitrogens is 2. The van der Waals surface area contributed by atoms with Crippen LogP contribution in [0, 0.1) is 0 Å². The van der Waals surface area contributed by atoms with Gasteiger partial charge in [-0.15, -0.1) is 0 Å². The first kappa shape index (κ1) is 10.3. The molecule has 2 rings (SSSR count). The van der Waals surface area contributed by atoms with Crippen molar-refractivity contribution in [2.75, 3.05) is 27.4 Å². The summed E-state index contributed by atoms with van der Waals surface area (Å²) >= 11 is 0. The van der Waals surface area contributed by atoms with Gasteiger partial charge in [-0.05, 0) is 7.05 Å². The van der Waals surface area contributed by atoms with Crippen LogP contribution in [0.3, 0.4) is 0 Å². The lowest BCUT2D eigenvalue weighted by Gasteiger charge is -2.08. The van der Waals surface area contributed by atoms with Gasteiger partial charge < -0.3 is 9.47 Å². The molecule has 0 atom stereocenters. The highest BCUT2D eigenvalue weighted by Gasteiger charge is 2.21. The van der Waals surface area contributed by atoms with Crippen LogP contribution in [0.4, 0.5) is 0 Å². The first-order chi connectivity index (χ1) is 7.31. The van der Waals surface area contributed by atoms with E-state index >= 15 is 0 Å². The summed E-state index contributed by atoms with van der Waals surface area (Å²) in [4.78, 5) is 10.6. The molecular weight excluding hydrogens is 194 g/mol. The van der Waals surface area contributed by atoms with Gasteiger partial charge in [-0.3, -0.25) is 4.90 Å². The van der Waals surface area contributed by atoms with Gasteiger partial charge in [0.2, 0.25) is 5.88 Å². The molecule has 0 fully saturated rings. The third kappa shape index (κ3) is 2.24. The molecule has 0 radical (unpaired) electrons. The molecule has 2 heterocycles. The van der Waals surface area contributed by atoms with Crippen molar-refractivity contribution < 1.29 is 9.47 Å². The maximum Gasteiger partial charge on any atom is 0.221 e. The Kier molecular flexibility index (Phi) is 3.13. The number of methoxy groups -OCH3 is 1. The van der Waals surface area contributed by atoms with Crippen LogP contribution in [0.25, 0.3) is 0 Å².